The summed E-state index contributed by atoms with van der Waals surface area (Å²) in [5, 5.41) is 4.12. The van der Waals surface area contributed by atoms with E-state index in [1.807, 2.05) is 0 Å². The van der Waals surface area contributed by atoms with Crippen LogP contribution in [0.4, 0.5) is 18.9 Å². The molecule has 1 saturated heterocycles. The monoisotopic (exact) mass is 428 g/mol. The summed E-state index contributed by atoms with van der Waals surface area (Å²) >= 11 is 11.8. The second-order valence-corrected chi connectivity index (χ2v) is 7.01. The predicted molar refractivity (Wildman–Crippen MR) is 95.3 cm³/mol. The van der Waals surface area contributed by atoms with Gasteiger partial charge in [0.15, 0.2) is 0 Å². The number of carbonyl (C=O) groups is 2. The molecule has 144 valence electrons. The molecule has 2 aliphatic rings. The predicted octanol–water partition coefficient (Wildman–Crippen LogP) is 4.30. The minimum absolute atomic E-state index is 0.167. The van der Waals surface area contributed by atoms with E-state index in [0.717, 1.165) is 12.1 Å². The van der Waals surface area contributed by atoms with Crippen LogP contribution in [0.3, 0.4) is 0 Å². The topological polar surface area (TPSA) is 59.0 Å². The van der Waals surface area contributed by atoms with Gasteiger partial charge >= 0.3 is 6.18 Å². The number of hydrogen-bond donors (Lipinski definition) is 0. The maximum absolute atomic E-state index is 13.0. The van der Waals surface area contributed by atoms with E-state index in [1.165, 1.54) is 0 Å². The minimum atomic E-state index is -4.66. The van der Waals surface area contributed by atoms with E-state index in [4.69, 9.17) is 28.0 Å². The third-order valence-corrected chi connectivity index (χ3v) is 5.04. The SMILES string of the molecule is O=C1[C@@H]2C(c3ccc(Cl)cc3)=NO[C@H]2C(=O)N1c1cc(C(F)(F)F)ccc1Cl. The molecule has 0 aromatic heterocycles. The maximum Gasteiger partial charge on any atom is 0.416 e. The normalized spacial score (nSPS) is 21.6. The highest BCUT2D eigenvalue weighted by Gasteiger charge is 2.56. The minimum Gasteiger partial charge on any atom is -0.381 e. The van der Waals surface area contributed by atoms with Crippen LogP contribution in [-0.2, 0) is 20.6 Å². The van der Waals surface area contributed by atoms with E-state index in [0.29, 0.717) is 21.6 Å². The number of amides is 2. The van der Waals surface area contributed by atoms with Gasteiger partial charge in [0, 0.05) is 10.6 Å². The van der Waals surface area contributed by atoms with Crippen molar-refractivity contribution >= 4 is 46.4 Å². The van der Waals surface area contributed by atoms with Crippen LogP contribution < -0.4 is 4.90 Å². The molecule has 10 heteroatoms. The molecule has 0 aliphatic carbocycles. The molecular formula is C18H9Cl2F3N2O3. The Bertz CT molecular complexity index is 1020. The first-order chi connectivity index (χ1) is 13.2. The Morgan fingerprint density at radius 2 is 1.68 bits per heavy atom. The zero-order valence-electron chi connectivity index (χ0n) is 13.7. The van der Waals surface area contributed by atoms with Crippen molar-refractivity contribution in [3.05, 3.63) is 63.6 Å². The number of nitrogens with zero attached hydrogens (tertiary/aromatic N) is 2. The molecular weight excluding hydrogens is 420 g/mol. The molecule has 2 aromatic carbocycles. The standard InChI is InChI=1S/C18H9Cl2F3N2O3/c19-10-4-1-8(2-5-10)14-13-15(28-24-14)17(27)25(16(13)26)12-7-9(18(21,22)23)3-6-11(12)20/h1-7,13,15H/t13-,15-/m1/s1. The molecule has 0 bridgehead atoms. The molecule has 1 fully saturated rings. The van der Waals surface area contributed by atoms with Gasteiger partial charge in [-0.25, -0.2) is 4.90 Å². The number of carbonyl (C=O) groups excluding carboxylic acids is 2. The second kappa shape index (κ2) is 6.49. The summed E-state index contributed by atoms with van der Waals surface area (Å²) in [6.07, 6.45) is -5.92. The van der Waals surface area contributed by atoms with Crippen LogP contribution in [-0.4, -0.2) is 23.6 Å². The third-order valence-electron chi connectivity index (χ3n) is 4.47. The molecule has 5 nitrogen and oxygen atoms in total. The van der Waals surface area contributed by atoms with Crippen molar-refractivity contribution < 1.29 is 27.6 Å². The summed E-state index contributed by atoms with van der Waals surface area (Å²) in [6, 6.07) is 8.79. The number of imide groups is 1. The molecule has 0 spiro atoms. The average Bonchev–Trinajstić information content (AvgIpc) is 3.16. The first-order valence-corrected chi connectivity index (χ1v) is 8.68. The molecule has 0 saturated carbocycles. The molecule has 2 aromatic rings. The fourth-order valence-corrected chi connectivity index (χ4v) is 3.46. The van der Waals surface area contributed by atoms with Crippen molar-refractivity contribution in [1.29, 1.82) is 0 Å². The molecule has 4 rings (SSSR count). The number of fused-ring (bicyclic) bond motifs is 1. The van der Waals surface area contributed by atoms with Crippen LogP contribution >= 0.6 is 23.2 Å². The number of hydrogen-bond acceptors (Lipinski definition) is 4. The van der Waals surface area contributed by atoms with E-state index in [2.05, 4.69) is 5.16 Å². The summed E-state index contributed by atoms with van der Waals surface area (Å²) in [6.45, 7) is 0. The fourth-order valence-electron chi connectivity index (χ4n) is 3.13. The van der Waals surface area contributed by atoms with Crippen molar-refractivity contribution in [1.82, 2.24) is 0 Å². The Morgan fingerprint density at radius 1 is 1.00 bits per heavy atom. The number of anilines is 1. The first kappa shape index (κ1) is 18.8. The van der Waals surface area contributed by atoms with E-state index < -0.39 is 35.6 Å². The van der Waals surface area contributed by atoms with Gasteiger partial charge < -0.3 is 4.84 Å². The molecule has 2 aliphatic heterocycles. The number of halogens is 5. The van der Waals surface area contributed by atoms with Gasteiger partial charge in [-0.1, -0.05) is 40.5 Å². The van der Waals surface area contributed by atoms with Crippen LogP contribution in [0.25, 0.3) is 0 Å². The van der Waals surface area contributed by atoms with Gasteiger partial charge in [-0.3, -0.25) is 9.59 Å². The number of benzene rings is 2. The van der Waals surface area contributed by atoms with E-state index in [1.54, 1.807) is 24.3 Å². The zero-order valence-corrected chi connectivity index (χ0v) is 15.2. The van der Waals surface area contributed by atoms with E-state index in [-0.39, 0.29) is 16.4 Å². The number of alkyl halides is 3. The Hall–Kier alpha value is -2.58. The van der Waals surface area contributed by atoms with Gasteiger partial charge in [0.05, 0.1) is 16.3 Å². The lowest BCUT2D eigenvalue weighted by atomic mass is 9.94. The van der Waals surface area contributed by atoms with Gasteiger partial charge in [-0.2, -0.15) is 13.2 Å². The second-order valence-electron chi connectivity index (χ2n) is 6.16. The zero-order chi connectivity index (χ0) is 20.2. The van der Waals surface area contributed by atoms with Gasteiger partial charge in [0.25, 0.3) is 5.91 Å². The lowest BCUT2D eigenvalue weighted by molar-refractivity contribution is -0.137. The van der Waals surface area contributed by atoms with Gasteiger partial charge in [0.2, 0.25) is 12.0 Å². The molecule has 2 amide bonds. The third kappa shape index (κ3) is 2.93. The number of oxime groups is 1. The Balaban J connectivity index is 1.73. The smallest absolute Gasteiger partial charge is 0.381 e. The average molecular weight is 429 g/mol. The highest BCUT2D eigenvalue weighted by molar-refractivity contribution is 6.38. The van der Waals surface area contributed by atoms with Gasteiger partial charge in [0.1, 0.15) is 11.6 Å². The number of rotatable bonds is 2. The van der Waals surface area contributed by atoms with Crippen LogP contribution in [0.1, 0.15) is 11.1 Å². The Labute approximate surface area is 166 Å². The van der Waals surface area contributed by atoms with E-state index in [9.17, 15) is 22.8 Å². The first-order valence-electron chi connectivity index (χ1n) is 7.92. The molecule has 28 heavy (non-hydrogen) atoms. The van der Waals surface area contributed by atoms with E-state index >= 15 is 0 Å². The largest absolute Gasteiger partial charge is 0.416 e. The summed E-state index contributed by atoms with van der Waals surface area (Å²) < 4.78 is 39.1. The highest BCUT2D eigenvalue weighted by Crippen LogP contribution is 2.40. The van der Waals surface area contributed by atoms with Crippen molar-refractivity contribution in [2.75, 3.05) is 4.90 Å². The lowest BCUT2D eigenvalue weighted by Gasteiger charge is -2.18. The van der Waals surface area contributed by atoms with Gasteiger partial charge in [-0.05, 0) is 30.3 Å². The fraction of sp³-hybridized carbons (Fsp3) is 0.167. The van der Waals surface area contributed by atoms with Crippen LogP contribution in [0, 0.1) is 5.92 Å². The molecule has 0 N–H and O–H groups in total. The molecule has 2 heterocycles. The lowest BCUT2D eigenvalue weighted by Crippen LogP contribution is -2.33. The van der Waals surface area contributed by atoms with Gasteiger partial charge in [-0.15, -0.1) is 0 Å². The van der Waals surface area contributed by atoms with Crippen molar-refractivity contribution in [2.45, 2.75) is 12.3 Å². The molecule has 0 unspecified atom stereocenters. The maximum atomic E-state index is 13.0. The summed E-state index contributed by atoms with van der Waals surface area (Å²) in [5.74, 6) is -2.68. The summed E-state index contributed by atoms with van der Waals surface area (Å²) in [7, 11) is 0. The van der Waals surface area contributed by atoms with Crippen molar-refractivity contribution in [3.8, 4) is 0 Å². The Morgan fingerprint density at radius 3 is 2.32 bits per heavy atom. The Kier molecular flexibility index (Phi) is 4.35. The van der Waals surface area contributed by atoms with Crippen LogP contribution in [0.5, 0.6) is 0 Å². The molecule has 2 atom stereocenters. The summed E-state index contributed by atoms with van der Waals surface area (Å²) in [5.41, 5.74) is -0.669. The van der Waals surface area contributed by atoms with Crippen molar-refractivity contribution in [3.63, 3.8) is 0 Å². The van der Waals surface area contributed by atoms with Crippen molar-refractivity contribution in [2.24, 2.45) is 11.1 Å². The highest BCUT2D eigenvalue weighted by atomic mass is 35.5. The van der Waals surface area contributed by atoms with Crippen LogP contribution in [0.15, 0.2) is 47.6 Å². The van der Waals surface area contributed by atoms with Crippen LogP contribution in [0.2, 0.25) is 10.0 Å². The molecule has 0 radical (unpaired) electrons. The summed E-state index contributed by atoms with van der Waals surface area (Å²) in [4.78, 5) is 31.4. The quantitative estimate of drug-likeness (QED) is 0.669.